The molecule has 0 spiro atoms. The van der Waals surface area contributed by atoms with Crippen LogP contribution in [0.25, 0.3) is 0 Å². The molecule has 1 fully saturated rings. The fourth-order valence-corrected chi connectivity index (χ4v) is 0.936. The quantitative estimate of drug-likeness (QED) is 0.496. The molecular weight excluding hydrogens is 188 g/mol. The second-order valence-corrected chi connectivity index (χ2v) is 3.23. The Balaban J connectivity index is 2.60. The lowest BCUT2D eigenvalue weighted by Crippen LogP contribution is -2.43. The minimum atomic E-state index is -0.647. The van der Waals surface area contributed by atoms with Crippen LogP contribution in [0.1, 0.15) is 13.8 Å². The molecule has 0 saturated carbocycles. The van der Waals surface area contributed by atoms with Crippen LogP contribution in [0.3, 0.4) is 0 Å². The van der Waals surface area contributed by atoms with Crippen molar-refractivity contribution in [1.82, 2.24) is 5.32 Å². The van der Waals surface area contributed by atoms with E-state index >= 15 is 0 Å². The Labute approximate surface area is 82.2 Å². The van der Waals surface area contributed by atoms with Gasteiger partial charge in [0.2, 0.25) is 0 Å². The van der Waals surface area contributed by atoms with Crippen molar-refractivity contribution in [3.8, 4) is 0 Å². The molecule has 1 amide bonds. The van der Waals surface area contributed by atoms with Crippen molar-refractivity contribution in [2.75, 3.05) is 20.3 Å². The number of rotatable bonds is 1. The molecular formula is C8H14N2O4. The van der Waals surface area contributed by atoms with Crippen molar-refractivity contribution in [3.05, 3.63) is 0 Å². The van der Waals surface area contributed by atoms with Crippen LogP contribution in [0.2, 0.25) is 0 Å². The van der Waals surface area contributed by atoms with E-state index < -0.39 is 11.7 Å². The van der Waals surface area contributed by atoms with Crippen LogP contribution in [-0.2, 0) is 14.3 Å². The predicted octanol–water partition coefficient (Wildman–Crippen LogP) is 0.481. The Morgan fingerprint density at radius 2 is 2.29 bits per heavy atom. The van der Waals surface area contributed by atoms with Crippen LogP contribution in [0, 0.1) is 0 Å². The summed E-state index contributed by atoms with van der Waals surface area (Å²) in [6, 6.07) is 0. The molecule has 0 atom stereocenters. The molecule has 1 aliphatic rings. The maximum Gasteiger partial charge on any atom is 0.433 e. The van der Waals surface area contributed by atoms with Gasteiger partial charge in [-0.15, -0.1) is 0 Å². The zero-order valence-corrected chi connectivity index (χ0v) is 8.49. The Hall–Kier alpha value is -1.30. The first-order valence-corrected chi connectivity index (χ1v) is 4.30. The number of hydrogen-bond donors (Lipinski definition) is 1. The molecule has 0 aromatic rings. The van der Waals surface area contributed by atoms with Crippen LogP contribution >= 0.6 is 0 Å². The minimum absolute atomic E-state index is 0.271. The van der Waals surface area contributed by atoms with Gasteiger partial charge < -0.3 is 14.8 Å². The van der Waals surface area contributed by atoms with E-state index in [1.165, 1.54) is 7.05 Å². The standard InChI is InChI=1S/C8H14N2O4/c1-8(2)6(12-4-5-13-8)10-14-7(11)9-3/h4-5H2,1-3H3,(H,9,11). The van der Waals surface area contributed by atoms with Gasteiger partial charge >= 0.3 is 6.09 Å². The molecule has 1 rings (SSSR count). The first-order valence-electron chi connectivity index (χ1n) is 4.30. The fourth-order valence-electron chi connectivity index (χ4n) is 0.936. The summed E-state index contributed by atoms with van der Waals surface area (Å²) in [6.45, 7) is 4.50. The van der Waals surface area contributed by atoms with E-state index in [-0.39, 0.29) is 5.90 Å². The van der Waals surface area contributed by atoms with Gasteiger partial charge in [-0.1, -0.05) is 0 Å². The summed E-state index contributed by atoms with van der Waals surface area (Å²) in [4.78, 5) is 15.2. The first kappa shape index (κ1) is 10.8. The lowest BCUT2D eigenvalue weighted by Gasteiger charge is -2.30. The number of hydrogen-bond acceptors (Lipinski definition) is 5. The van der Waals surface area contributed by atoms with E-state index in [1.807, 2.05) is 0 Å². The molecule has 1 N–H and O–H groups in total. The van der Waals surface area contributed by atoms with Gasteiger partial charge in [-0.2, -0.15) is 0 Å². The van der Waals surface area contributed by atoms with Gasteiger partial charge in [0.15, 0.2) is 0 Å². The summed E-state index contributed by atoms with van der Waals surface area (Å²) in [7, 11) is 1.45. The van der Waals surface area contributed by atoms with E-state index in [0.717, 1.165) is 0 Å². The molecule has 6 heteroatoms. The molecule has 14 heavy (non-hydrogen) atoms. The highest BCUT2D eigenvalue weighted by atomic mass is 16.7. The van der Waals surface area contributed by atoms with Gasteiger partial charge in [0.05, 0.1) is 6.61 Å². The summed E-state index contributed by atoms with van der Waals surface area (Å²) in [5.41, 5.74) is -0.647. The van der Waals surface area contributed by atoms with Crippen LogP contribution < -0.4 is 5.32 Å². The van der Waals surface area contributed by atoms with E-state index in [0.29, 0.717) is 13.2 Å². The third-order valence-corrected chi connectivity index (χ3v) is 1.72. The average Bonchev–Trinajstić information content (AvgIpc) is 2.15. The summed E-state index contributed by atoms with van der Waals surface area (Å²) in [6.07, 6.45) is -0.637. The third kappa shape index (κ3) is 2.59. The van der Waals surface area contributed by atoms with Gasteiger partial charge in [-0.3, -0.25) is 4.84 Å². The monoisotopic (exact) mass is 202 g/mol. The molecule has 0 radical (unpaired) electrons. The largest absolute Gasteiger partial charge is 0.474 e. The molecule has 0 aromatic carbocycles. The highest BCUT2D eigenvalue weighted by Crippen LogP contribution is 2.17. The lowest BCUT2D eigenvalue weighted by molar-refractivity contribution is -0.0404. The molecule has 80 valence electrons. The Morgan fingerprint density at radius 1 is 1.57 bits per heavy atom. The number of amides is 1. The number of carbonyl (C=O) groups is 1. The van der Waals surface area contributed by atoms with Crippen LogP contribution in [0.4, 0.5) is 4.79 Å². The lowest BCUT2D eigenvalue weighted by atomic mass is 10.1. The maximum absolute atomic E-state index is 10.7. The van der Waals surface area contributed by atoms with Crippen molar-refractivity contribution in [1.29, 1.82) is 0 Å². The summed E-state index contributed by atoms with van der Waals surface area (Å²) in [5, 5.41) is 5.83. The Kier molecular flexibility index (Phi) is 3.29. The molecule has 6 nitrogen and oxygen atoms in total. The topological polar surface area (TPSA) is 69.2 Å². The maximum atomic E-state index is 10.7. The number of ether oxygens (including phenoxy) is 2. The second-order valence-electron chi connectivity index (χ2n) is 3.23. The van der Waals surface area contributed by atoms with Crippen molar-refractivity contribution in [3.63, 3.8) is 0 Å². The fraction of sp³-hybridized carbons (Fsp3) is 0.750. The van der Waals surface area contributed by atoms with Crippen molar-refractivity contribution in [2.24, 2.45) is 5.16 Å². The molecule has 0 bridgehead atoms. The second kappa shape index (κ2) is 4.28. The number of oxime groups is 1. The number of carbonyl (C=O) groups excluding carboxylic acids is 1. The van der Waals surface area contributed by atoms with E-state index in [4.69, 9.17) is 9.47 Å². The van der Waals surface area contributed by atoms with Gasteiger partial charge in [0, 0.05) is 7.05 Å². The van der Waals surface area contributed by atoms with Gasteiger partial charge in [0.1, 0.15) is 12.2 Å². The molecule has 1 heterocycles. The summed E-state index contributed by atoms with van der Waals surface area (Å²) in [5.74, 6) is 0.271. The molecule has 1 aliphatic heterocycles. The normalized spacial score (nSPS) is 22.6. The van der Waals surface area contributed by atoms with Crippen LogP contribution in [0.5, 0.6) is 0 Å². The zero-order valence-electron chi connectivity index (χ0n) is 8.49. The van der Waals surface area contributed by atoms with Crippen molar-refractivity contribution < 1.29 is 19.1 Å². The minimum Gasteiger partial charge on any atom is -0.474 e. The zero-order chi connectivity index (χ0) is 10.6. The predicted molar refractivity (Wildman–Crippen MR) is 49.0 cm³/mol. The molecule has 0 aliphatic carbocycles. The molecule has 0 unspecified atom stereocenters. The Bertz CT molecular complexity index is 250. The highest BCUT2D eigenvalue weighted by molar-refractivity contribution is 5.85. The van der Waals surface area contributed by atoms with Crippen LogP contribution in [-0.4, -0.2) is 37.9 Å². The number of nitrogens with one attached hydrogen (secondary N) is 1. The molecule has 1 saturated heterocycles. The third-order valence-electron chi connectivity index (χ3n) is 1.72. The van der Waals surface area contributed by atoms with Gasteiger partial charge in [0.25, 0.3) is 5.90 Å². The highest BCUT2D eigenvalue weighted by Gasteiger charge is 2.32. The van der Waals surface area contributed by atoms with Gasteiger partial charge in [-0.05, 0) is 19.0 Å². The van der Waals surface area contributed by atoms with Crippen molar-refractivity contribution >= 4 is 12.0 Å². The number of nitrogens with zero attached hydrogens (tertiary/aromatic N) is 1. The van der Waals surface area contributed by atoms with E-state index in [2.05, 4.69) is 15.3 Å². The summed E-state index contributed by atoms with van der Waals surface area (Å²) < 4.78 is 10.6. The SMILES string of the molecule is CNC(=O)ON=C1OCCOC1(C)C. The van der Waals surface area contributed by atoms with Gasteiger partial charge in [-0.25, -0.2) is 4.79 Å². The van der Waals surface area contributed by atoms with Crippen LogP contribution in [0.15, 0.2) is 5.16 Å². The summed E-state index contributed by atoms with van der Waals surface area (Å²) >= 11 is 0. The van der Waals surface area contributed by atoms with E-state index in [9.17, 15) is 4.79 Å². The first-order chi connectivity index (χ1) is 6.56. The van der Waals surface area contributed by atoms with E-state index in [1.54, 1.807) is 13.8 Å². The Morgan fingerprint density at radius 3 is 2.86 bits per heavy atom. The smallest absolute Gasteiger partial charge is 0.433 e. The molecule has 0 aromatic heterocycles. The van der Waals surface area contributed by atoms with Crippen molar-refractivity contribution in [2.45, 2.75) is 19.4 Å². The average molecular weight is 202 g/mol.